The van der Waals surface area contributed by atoms with Crippen molar-refractivity contribution < 1.29 is 19.4 Å². The molecule has 0 aromatic heterocycles. The summed E-state index contributed by atoms with van der Waals surface area (Å²) in [5, 5.41) is 11.6. The highest BCUT2D eigenvalue weighted by atomic mass is 35.5. The summed E-state index contributed by atoms with van der Waals surface area (Å²) in [6.45, 7) is 4.52. The van der Waals surface area contributed by atoms with Gasteiger partial charge in [0.2, 0.25) is 0 Å². The molecule has 158 valence electrons. The molecule has 30 heavy (non-hydrogen) atoms. The van der Waals surface area contributed by atoms with E-state index in [1.165, 1.54) is 13.2 Å². The average molecular weight is 428 g/mol. The van der Waals surface area contributed by atoms with E-state index in [1.54, 1.807) is 17.0 Å². The SMILES string of the molecule is CCCCN1C(=O)C(=O)/C(=C(/O)c2cc(Cl)ccc2OC)C1c1ccc(CC)cc1. The van der Waals surface area contributed by atoms with Crippen molar-refractivity contribution in [2.45, 2.75) is 39.2 Å². The summed E-state index contributed by atoms with van der Waals surface area (Å²) < 4.78 is 5.34. The Kier molecular flexibility index (Phi) is 6.83. The van der Waals surface area contributed by atoms with Gasteiger partial charge < -0.3 is 14.7 Å². The maximum atomic E-state index is 13.0. The molecule has 3 rings (SSSR count). The largest absolute Gasteiger partial charge is 0.507 e. The van der Waals surface area contributed by atoms with Gasteiger partial charge in [-0.15, -0.1) is 0 Å². The summed E-state index contributed by atoms with van der Waals surface area (Å²) in [7, 11) is 1.47. The molecule has 6 heteroatoms. The number of unbranched alkanes of at least 4 members (excludes halogenated alkanes) is 1. The molecule has 0 radical (unpaired) electrons. The van der Waals surface area contributed by atoms with Crippen molar-refractivity contribution in [1.29, 1.82) is 0 Å². The van der Waals surface area contributed by atoms with Crippen molar-refractivity contribution in [3.8, 4) is 5.75 Å². The van der Waals surface area contributed by atoms with Crippen LogP contribution in [0.15, 0.2) is 48.0 Å². The summed E-state index contributed by atoms with van der Waals surface area (Å²) >= 11 is 6.12. The first-order valence-corrected chi connectivity index (χ1v) is 10.5. The van der Waals surface area contributed by atoms with E-state index in [0.29, 0.717) is 17.3 Å². The number of aliphatic hydroxyl groups excluding tert-OH is 1. The number of amides is 1. The molecule has 0 saturated carbocycles. The molecule has 2 aromatic rings. The lowest BCUT2D eigenvalue weighted by Gasteiger charge is -2.25. The lowest BCUT2D eigenvalue weighted by Crippen LogP contribution is -2.30. The summed E-state index contributed by atoms with van der Waals surface area (Å²) in [4.78, 5) is 27.4. The van der Waals surface area contributed by atoms with Gasteiger partial charge in [0.15, 0.2) is 0 Å². The normalized spacial score (nSPS) is 18.1. The summed E-state index contributed by atoms with van der Waals surface area (Å²) in [5.41, 5.74) is 2.28. The number of halogens is 1. The van der Waals surface area contributed by atoms with E-state index in [-0.39, 0.29) is 16.9 Å². The van der Waals surface area contributed by atoms with Crippen molar-refractivity contribution in [2.75, 3.05) is 13.7 Å². The maximum Gasteiger partial charge on any atom is 0.295 e. The number of carbonyl (C=O) groups is 2. The van der Waals surface area contributed by atoms with E-state index in [9.17, 15) is 14.7 Å². The van der Waals surface area contributed by atoms with Gasteiger partial charge in [-0.2, -0.15) is 0 Å². The van der Waals surface area contributed by atoms with Gasteiger partial charge in [-0.05, 0) is 42.2 Å². The molecule has 0 aliphatic carbocycles. The highest BCUT2D eigenvalue weighted by Gasteiger charge is 2.46. The smallest absolute Gasteiger partial charge is 0.295 e. The monoisotopic (exact) mass is 427 g/mol. The number of aryl methyl sites for hydroxylation is 1. The number of methoxy groups -OCH3 is 1. The second kappa shape index (κ2) is 9.35. The predicted octanol–water partition coefficient (Wildman–Crippen LogP) is 5.13. The average Bonchev–Trinajstić information content (AvgIpc) is 3.01. The van der Waals surface area contributed by atoms with Gasteiger partial charge in [0.25, 0.3) is 11.7 Å². The Morgan fingerprint density at radius 1 is 1.13 bits per heavy atom. The van der Waals surface area contributed by atoms with Gasteiger partial charge in [-0.1, -0.05) is 56.1 Å². The number of likely N-dealkylation sites (tertiary alicyclic amines) is 1. The third-order valence-corrected chi connectivity index (χ3v) is 5.65. The molecule has 1 atom stereocenters. The minimum atomic E-state index is -0.699. The Balaban J connectivity index is 2.20. The van der Waals surface area contributed by atoms with Crippen LogP contribution in [-0.4, -0.2) is 35.4 Å². The number of nitrogens with zero attached hydrogens (tertiary/aromatic N) is 1. The molecule has 1 fully saturated rings. The van der Waals surface area contributed by atoms with Crippen LogP contribution >= 0.6 is 11.6 Å². The van der Waals surface area contributed by atoms with Crippen LogP contribution in [0.25, 0.3) is 5.76 Å². The highest BCUT2D eigenvalue weighted by molar-refractivity contribution is 6.46. The van der Waals surface area contributed by atoms with Crippen molar-refractivity contribution in [2.24, 2.45) is 0 Å². The number of Topliss-reactive ketones (excluding diaryl/α,β-unsaturated/α-hetero) is 1. The van der Waals surface area contributed by atoms with Crippen LogP contribution in [0.4, 0.5) is 0 Å². The number of rotatable bonds is 7. The van der Waals surface area contributed by atoms with Crippen molar-refractivity contribution in [3.05, 3.63) is 69.8 Å². The number of ether oxygens (including phenoxy) is 1. The zero-order chi connectivity index (χ0) is 21.8. The first-order valence-electron chi connectivity index (χ1n) is 10.1. The fraction of sp³-hybridized carbons (Fsp3) is 0.333. The lowest BCUT2D eigenvalue weighted by molar-refractivity contribution is -0.139. The minimum absolute atomic E-state index is 0.0564. The Morgan fingerprint density at radius 2 is 1.83 bits per heavy atom. The Bertz CT molecular complexity index is 981. The van der Waals surface area contributed by atoms with Crippen molar-refractivity contribution >= 4 is 29.1 Å². The number of aliphatic hydroxyl groups is 1. The molecule has 1 amide bonds. The minimum Gasteiger partial charge on any atom is -0.507 e. The standard InChI is InChI=1S/C24H26ClNO4/c1-4-6-13-26-21(16-9-7-15(5-2)8-10-16)20(23(28)24(26)29)22(27)18-14-17(25)11-12-19(18)30-3/h7-12,14,21,27H,4-6,13H2,1-3H3/b22-20+. The molecule has 5 nitrogen and oxygen atoms in total. The lowest BCUT2D eigenvalue weighted by atomic mass is 9.94. The number of benzene rings is 2. The van der Waals surface area contributed by atoms with Crippen LogP contribution in [0, 0.1) is 0 Å². The van der Waals surface area contributed by atoms with Crippen LogP contribution in [0.2, 0.25) is 5.02 Å². The second-order valence-corrected chi connectivity index (χ2v) is 7.72. The molecular weight excluding hydrogens is 402 g/mol. The molecule has 0 spiro atoms. The van der Waals surface area contributed by atoms with Gasteiger partial charge in [-0.3, -0.25) is 9.59 Å². The predicted molar refractivity (Wildman–Crippen MR) is 118 cm³/mol. The molecule has 2 aromatic carbocycles. The first-order chi connectivity index (χ1) is 14.4. The first kappa shape index (κ1) is 21.9. The molecule has 1 aliphatic heterocycles. The molecule has 1 aliphatic rings. The van der Waals surface area contributed by atoms with E-state index in [4.69, 9.17) is 16.3 Å². The number of hydrogen-bond acceptors (Lipinski definition) is 4. The fourth-order valence-corrected chi connectivity index (χ4v) is 3.90. The zero-order valence-electron chi connectivity index (χ0n) is 17.4. The van der Waals surface area contributed by atoms with E-state index < -0.39 is 17.7 Å². The van der Waals surface area contributed by atoms with Gasteiger partial charge in [0.05, 0.1) is 24.3 Å². The number of hydrogen-bond donors (Lipinski definition) is 1. The van der Waals surface area contributed by atoms with Gasteiger partial charge >= 0.3 is 0 Å². The quantitative estimate of drug-likeness (QED) is 0.377. The van der Waals surface area contributed by atoms with Crippen LogP contribution in [-0.2, 0) is 16.0 Å². The fourth-order valence-electron chi connectivity index (χ4n) is 3.73. The number of carbonyl (C=O) groups excluding carboxylic acids is 2. The van der Waals surface area contributed by atoms with Gasteiger partial charge in [0.1, 0.15) is 11.5 Å². The summed E-state index contributed by atoms with van der Waals surface area (Å²) in [5.74, 6) is -1.21. The van der Waals surface area contributed by atoms with E-state index in [0.717, 1.165) is 30.4 Å². The zero-order valence-corrected chi connectivity index (χ0v) is 18.2. The molecule has 1 unspecified atom stereocenters. The van der Waals surface area contributed by atoms with Crippen LogP contribution < -0.4 is 4.74 Å². The highest BCUT2D eigenvalue weighted by Crippen LogP contribution is 2.41. The molecule has 0 bridgehead atoms. The molecule has 1 heterocycles. The van der Waals surface area contributed by atoms with Crippen molar-refractivity contribution in [3.63, 3.8) is 0 Å². The van der Waals surface area contributed by atoms with Crippen molar-refractivity contribution in [1.82, 2.24) is 4.90 Å². The third-order valence-electron chi connectivity index (χ3n) is 5.41. The van der Waals surface area contributed by atoms with Gasteiger partial charge in [0, 0.05) is 11.6 Å². The second-order valence-electron chi connectivity index (χ2n) is 7.29. The third kappa shape index (κ3) is 4.08. The molecule has 1 saturated heterocycles. The van der Waals surface area contributed by atoms with Gasteiger partial charge in [-0.25, -0.2) is 0 Å². The van der Waals surface area contributed by atoms with Crippen LogP contribution in [0.1, 0.15) is 49.4 Å². The Labute approximate surface area is 181 Å². The molecule has 1 N–H and O–H groups in total. The van der Waals surface area contributed by atoms with E-state index in [2.05, 4.69) is 6.92 Å². The van der Waals surface area contributed by atoms with Crippen LogP contribution in [0.5, 0.6) is 5.75 Å². The van der Waals surface area contributed by atoms with E-state index in [1.807, 2.05) is 31.2 Å². The Morgan fingerprint density at radius 3 is 2.43 bits per heavy atom. The maximum absolute atomic E-state index is 13.0. The Hall–Kier alpha value is -2.79. The van der Waals surface area contributed by atoms with Crippen LogP contribution in [0.3, 0.4) is 0 Å². The summed E-state index contributed by atoms with van der Waals surface area (Å²) in [6.07, 6.45) is 2.53. The topological polar surface area (TPSA) is 66.8 Å². The molecular formula is C24H26ClNO4. The van der Waals surface area contributed by atoms with E-state index >= 15 is 0 Å². The number of ketones is 1. The summed E-state index contributed by atoms with van der Waals surface area (Å²) in [6, 6.07) is 11.9.